The van der Waals surface area contributed by atoms with E-state index in [9.17, 15) is 0 Å². The van der Waals surface area contributed by atoms with E-state index in [2.05, 4.69) is 0 Å². The van der Waals surface area contributed by atoms with Crippen molar-refractivity contribution in [3.8, 4) is 0 Å². The molecule has 0 aliphatic heterocycles. The minimum absolute atomic E-state index is 0.445. The molecule has 0 aromatic heterocycles. The smallest absolute Gasteiger partial charge is 0.0607 e. The SMILES string of the molecule is Clc1cc(Cl)c(Sc2ccccc2Cl)cc1Cl. The van der Waals surface area contributed by atoms with Crippen LogP contribution in [0, 0.1) is 0 Å². The molecular formula is C12H6Cl4S. The average molecular weight is 324 g/mol. The van der Waals surface area contributed by atoms with Gasteiger partial charge >= 0.3 is 0 Å². The van der Waals surface area contributed by atoms with Gasteiger partial charge in [-0.15, -0.1) is 0 Å². The molecule has 0 saturated carbocycles. The van der Waals surface area contributed by atoms with Gasteiger partial charge in [-0.2, -0.15) is 0 Å². The molecule has 0 spiro atoms. The quantitative estimate of drug-likeness (QED) is 0.572. The summed E-state index contributed by atoms with van der Waals surface area (Å²) >= 11 is 25.5. The highest BCUT2D eigenvalue weighted by Crippen LogP contribution is 2.40. The molecule has 88 valence electrons. The molecule has 2 rings (SSSR count). The van der Waals surface area contributed by atoms with Crippen molar-refractivity contribution < 1.29 is 0 Å². The summed E-state index contributed by atoms with van der Waals surface area (Å²) in [5.74, 6) is 0. The molecule has 0 nitrogen and oxygen atoms in total. The Bertz CT molecular complexity index is 554. The van der Waals surface area contributed by atoms with Crippen LogP contribution < -0.4 is 0 Å². The van der Waals surface area contributed by atoms with Gasteiger partial charge in [0.2, 0.25) is 0 Å². The Morgan fingerprint density at radius 1 is 0.647 bits per heavy atom. The lowest BCUT2D eigenvalue weighted by Crippen LogP contribution is -1.79. The Morgan fingerprint density at radius 2 is 1.29 bits per heavy atom. The molecule has 0 radical (unpaired) electrons. The zero-order valence-corrected chi connectivity index (χ0v) is 12.2. The lowest BCUT2D eigenvalue weighted by Gasteiger charge is -2.07. The van der Waals surface area contributed by atoms with Crippen LogP contribution >= 0.6 is 58.2 Å². The fraction of sp³-hybridized carbons (Fsp3) is 0. The van der Waals surface area contributed by atoms with E-state index < -0.39 is 0 Å². The topological polar surface area (TPSA) is 0 Å². The summed E-state index contributed by atoms with van der Waals surface area (Å²) in [5, 5.41) is 2.16. The summed E-state index contributed by atoms with van der Waals surface area (Å²) in [6.07, 6.45) is 0. The van der Waals surface area contributed by atoms with Crippen molar-refractivity contribution in [1.29, 1.82) is 0 Å². The number of hydrogen-bond donors (Lipinski definition) is 0. The molecule has 0 aliphatic carbocycles. The van der Waals surface area contributed by atoms with Crippen LogP contribution in [0.25, 0.3) is 0 Å². The van der Waals surface area contributed by atoms with Gasteiger partial charge in [-0.3, -0.25) is 0 Å². The summed E-state index contributed by atoms with van der Waals surface area (Å²) in [7, 11) is 0. The second kappa shape index (κ2) is 5.73. The third kappa shape index (κ3) is 3.24. The first kappa shape index (κ1) is 13.4. The van der Waals surface area contributed by atoms with Crippen molar-refractivity contribution in [3.63, 3.8) is 0 Å². The molecule has 2 aromatic carbocycles. The number of benzene rings is 2. The summed E-state index contributed by atoms with van der Waals surface area (Å²) in [4.78, 5) is 1.75. The molecule has 0 saturated heterocycles. The second-order valence-electron chi connectivity index (χ2n) is 3.23. The second-order valence-corrected chi connectivity index (χ2v) is 5.94. The van der Waals surface area contributed by atoms with E-state index in [1.165, 1.54) is 11.8 Å². The van der Waals surface area contributed by atoms with E-state index in [1.807, 2.05) is 24.3 Å². The fourth-order valence-electron chi connectivity index (χ4n) is 1.23. The zero-order chi connectivity index (χ0) is 12.4. The first-order valence-corrected chi connectivity index (χ1v) is 6.97. The van der Waals surface area contributed by atoms with Crippen LogP contribution in [0.15, 0.2) is 46.2 Å². The Balaban J connectivity index is 2.37. The van der Waals surface area contributed by atoms with Crippen LogP contribution in [0.3, 0.4) is 0 Å². The van der Waals surface area contributed by atoms with E-state index in [-0.39, 0.29) is 0 Å². The van der Waals surface area contributed by atoms with Crippen LogP contribution in [0.1, 0.15) is 0 Å². The summed E-state index contributed by atoms with van der Waals surface area (Å²) in [6.45, 7) is 0. The van der Waals surface area contributed by atoms with E-state index in [0.29, 0.717) is 20.1 Å². The van der Waals surface area contributed by atoms with Crippen molar-refractivity contribution in [2.45, 2.75) is 9.79 Å². The first-order chi connectivity index (χ1) is 8.08. The average Bonchev–Trinajstić information content (AvgIpc) is 2.29. The Kier molecular flexibility index (Phi) is 4.51. The molecule has 0 atom stereocenters. The predicted octanol–water partition coefficient (Wildman–Crippen LogP) is 6.45. The molecular weight excluding hydrogens is 318 g/mol. The molecule has 2 aromatic rings. The van der Waals surface area contributed by atoms with Gasteiger partial charge in [-0.1, -0.05) is 70.3 Å². The highest BCUT2D eigenvalue weighted by Gasteiger charge is 2.09. The molecule has 0 N–H and O–H groups in total. The van der Waals surface area contributed by atoms with Gasteiger partial charge in [0.05, 0.1) is 20.1 Å². The lowest BCUT2D eigenvalue weighted by atomic mass is 10.3. The monoisotopic (exact) mass is 322 g/mol. The van der Waals surface area contributed by atoms with Crippen LogP contribution in [0.4, 0.5) is 0 Å². The normalized spacial score (nSPS) is 10.6. The maximum absolute atomic E-state index is 6.10. The first-order valence-electron chi connectivity index (χ1n) is 4.65. The maximum Gasteiger partial charge on any atom is 0.0607 e. The number of rotatable bonds is 2. The predicted molar refractivity (Wildman–Crippen MR) is 77.0 cm³/mol. The minimum Gasteiger partial charge on any atom is -0.0869 e. The molecule has 0 amide bonds. The molecule has 0 fully saturated rings. The van der Waals surface area contributed by atoms with Crippen LogP contribution in [0.5, 0.6) is 0 Å². The van der Waals surface area contributed by atoms with E-state index in [1.54, 1.807) is 12.1 Å². The molecule has 0 unspecified atom stereocenters. The summed E-state index contributed by atoms with van der Waals surface area (Å²) in [6, 6.07) is 10.9. The minimum atomic E-state index is 0.445. The lowest BCUT2D eigenvalue weighted by molar-refractivity contribution is 1.41. The highest BCUT2D eigenvalue weighted by molar-refractivity contribution is 7.99. The standard InChI is InChI=1S/C12H6Cl4S/c13-7-3-1-2-4-11(7)17-12-6-9(15)8(14)5-10(12)16/h1-6H. The van der Waals surface area contributed by atoms with Crippen LogP contribution in [0.2, 0.25) is 20.1 Å². The molecule has 5 heteroatoms. The zero-order valence-electron chi connectivity index (χ0n) is 8.38. The summed E-state index contributed by atoms with van der Waals surface area (Å²) in [5.41, 5.74) is 0. The van der Waals surface area contributed by atoms with Crippen LogP contribution in [-0.2, 0) is 0 Å². The van der Waals surface area contributed by atoms with Crippen molar-refractivity contribution in [3.05, 3.63) is 56.5 Å². The number of halogens is 4. The van der Waals surface area contributed by atoms with Gasteiger partial charge in [0.1, 0.15) is 0 Å². The fourth-order valence-corrected chi connectivity index (χ4v) is 3.09. The number of hydrogen-bond acceptors (Lipinski definition) is 1. The third-order valence-corrected chi connectivity index (χ3v) is 4.75. The van der Waals surface area contributed by atoms with Gasteiger partial charge < -0.3 is 0 Å². The van der Waals surface area contributed by atoms with Gasteiger partial charge in [0.15, 0.2) is 0 Å². The Hall–Kier alpha value is -0.0500. The summed E-state index contributed by atoms with van der Waals surface area (Å²) < 4.78 is 0. The molecule has 0 bridgehead atoms. The van der Waals surface area contributed by atoms with E-state index >= 15 is 0 Å². The van der Waals surface area contributed by atoms with Gasteiger partial charge in [0.25, 0.3) is 0 Å². The van der Waals surface area contributed by atoms with Gasteiger partial charge in [0, 0.05) is 9.79 Å². The highest BCUT2D eigenvalue weighted by atomic mass is 35.5. The maximum atomic E-state index is 6.10. The van der Waals surface area contributed by atoms with Crippen molar-refractivity contribution in [1.82, 2.24) is 0 Å². The van der Waals surface area contributed by atoms with Gasteiger partial charge in [-0.25, -0.2) is 0 Å². The Labute approximate surface area is 124 Å². The van der Waals surface area contributed by atoms with Crippen LogP contribution in [-0.4, -0.2) is 0 Å². The molecule has 0 aliphatic rings. The largest absolute Gasteiger partial charge is 0.0869 e. The van der Waals surface area contributed by atoms with E-state index in [0.717, 1.165) is 9.79 Å². The van der Waals surface area contributed by atoms with Crippen molar-refractivity contribution in [2.75, 3.05) is 0 Å². The molecule has 0 heterocycles. The third-order valence-electron chi connectivity index (χ3n) is 2.03. The van der Waals surface area contributed by atoms with Crippen molar-refractivity contribution >= 4 is 58.2 Å². The van der Waals surface area contributed by atoms with Crippen molar-refractivity contribution in [2.24, 2.45) is 0 Å². The van der Waals surface area contributed by atoms with E-state index in [4.69, 9.17) is 46.4 Å². The molecule has 17 heavy (non-hydrogen) atoms. The Morgan fingerprint density at radius 3 is 2.00 bits per heavy atom. The van der Waals surface area contributed by atoms with Gasteiger partial charge in [-0.05, 0) is 24.3 Å².